The highest BCUT2D eigenvalue weighted by Gasteiger charge is 2.20. The van der Waals surface area contributed by atoms with Crippen molar-refractivity contribution in [2.24, 2.45) is 0 Å². The van der Waals surface area contributed by atoms with Gasteiger partial charge in [0.2, 0.25) is 0 Å². The molecular formula is C19H21BrClNO2. The van der Waals surface area contributed by atoms with Crippen molar-refractivity contribution in [2.75, 3.05) is 11.9 Å². The molecule has 0 radical (unpaired) electrons. The zero-order valence-corrected chi connectivity index (χ0v) is 16.6. The molecule has 128 valence electrons. The van der Waals surface area contributed by atoms with Crippen LogP contribution in [0.1, 0.15) is 31.9 Å². The maximum atomic E-state index is 12.2. The smallest absolute Gasteiger partial charge is 0.262 e. The average molecular weight is 411 g/mol. The van der Waals surface area contributed by atoms with E-state index >= 15 is 0 Å². The Balaban J connectivity index is 2.08. The van der Waals surface area contributed by atoms with Crippen molar-refractivity contribution in [1.29, 1.82) is 0 Å². The Morgan fingerprint density at radius 2 is 1.96 bits per heavy atom. The molecule has 0 atom stereocenters. The van der Waals surface area contributed by atoms with Crippen molar-refractivity contribution < 1.29 is 9.53 Å². The molecule has 0 heterocycles. The van der Waals surface area contributed by atoms with Crippen LogP contribution in [0.3, 0.4) is 0 Å². The van der Waals surface area contributed by atoms with Crippen LogP contribution in [0.15, 0.2) is 40.9 Å². The second kappa shape index (κ2) is 7.58. The van der Waals surface area contributed by atoms with Crippen molar-refractivity contribution in [3.05, 3.63) is 57.0 Å². The molecule has 24 heavy (non-hydrogen) atoms. The summed E-state index contributed by atoms with van der Waals surface area (Å²) in [5, 5.41) is 3.46. The third kappa shape index (κ3) is 4.74. The van der Waals surface area contributed by atoms with E-state index in [1.54, 1.807) is 12.1 Å². The van der Waals surface area contributed by atoms with Crippen molar-refractivity contribution in [1.82, 2.24) is 0 Å². The van der Waals surface area contributed by atoms with E-state index in [4.69, 9.17) is 16.3 Å². The molecule has 1 amide bonds. The number of anilines is 1. The molecule has 0 aliphatic rings. The van der Waals surface area contributed by atoms with Gasteiger partial charge in [-0.15, -0.1) is 0 Å². The molecule has 1 N–H and O–H groups in total. The van der Waals surface area contributed by atoms with Gasteiger partial charge in [0.25, 0.3) is 5.91 Å². The zero-order valence-electron chi connectivity index (χ0n) is 14.2. The fourth-order valence-corrected chi connectivity index (χ4v) is 2.82. The highest BCUT2D eigenvalue weighted by Crippen LogP contribution is 2.33. The summed E-state index contributed by atoms with van der Waals surface area (Å²) in [6.45, 7) is 8.13. The lowest BCUT2D eigenvalue weighted by atomic mass is 9.86. The normalized spacial score (nSPS) is 11.2. The molecular weight excluding hydrogens is 390 g/mol. The summed E-state index contributed by atoms with van der Waals surface area (Å²) in [5.74, 6) is 0.492. The molecule has 0 aliphatic heterocycles. The maximum absolute atomic E-state index is 12.2. The predicted octanol–water partition coefficient (Wildman–Crippen LogP) is 5.73. The lowest BCUT2D eigenvalue weighted by Gasteiger charge is -2.23. The molecule has 2 rings (SSSR count). The third-order valence-electron chi connectivity index (χ3n) is 3.65. The molecule has 0 spiro atoms. The lowest BCUT2D eigenvalue weighted by molar-refractivity contribution is -0.118. The molecule has 3 nitrogen and oxygen atoms in total. The first kappa shape index (κ1) is 18.8. The minimum Gasteiger partial charge on any atom is -0.483 e. The average Bonchev–Trinajstić information content (AvgIpc) is 2.49. The van der Waals surface area contributed by atoms with Gasteiger partial charge in [0.1, 0.15) is 5.75 Å². The van der Waals surface area contributed by atoms with Gasteiger partial charge in [-0.3, -0.25) is 4.79 Å². The number of ether oxygens (including phenoxy) is 1. The van der Waals surface area contributed by atoms with Gasteiger partial charge in [0.05, 0.1) is 0 Å². The summed E-state index contributed by atoms with van der Waals surface area (Å²) in [5.41, 5.74) is 2.50. The van der Waals surface area contributed by atoms with Gasteiger partial charge < -0.3 is 10.1 Å². The topological polar surface area (TPSA) is 38.3 Å². The summed E-state index contributed by atoms with van der Waals surface area (Å²) in [7, 11) is 0. The molecule has 0 fully saturated rings. The van der Waals surface area contributed by atoms with Crippen molar-refractivity contribution in [3.63, 3.8) is 0 Å². The number of carbonyl (C=O) groups is 1. The number of hydrogen-bond acceptors (Lipinski definition) is 2. The van der Waals surface area contributed by atoms with Crippen LogP contribution in [-0.4, -0.2) is 12.5 Å². The van der Waals surface area contributed by atoms with Gasteiger partial charge in [0, 0.05) is 20.7 Å². The van der Waals surface area contributed by atoms with E-state index in [0.29, 0.717) is 16.5 Å². The SMILES string of the molecule is Cc1c(Cl)cccc1NC(=O)COc1ccc(Br)cc1C(C)(C)C. The van der Waals surface area contributed by atoms with Gasteiger partial charge in [-0.1, -0.05) is 54.4 Å². The van der Waals surface area contributed by atoms with Crippen molar-refractivity contribution in [3.8, 4) is 5.75 Å². The molecule has 2 aromatic carbocycles. The number of amides is 1. The van der Waals surface area contributed by atoms with Gasteiger partial charge >= 0.3 is 0 Å². The standard InChI is InChI=1S/C19H21BrClNO2/c1-12-15(21)6-5-7-16(12)22-18(23)11-24-17-9-8-13(20)10-14(17)19(2,3)4/h5-10H,11H2,1-4H3,(H,22,23). The van der Waals surface area contributed by atoms with Crippen LogP contribution in [0, 0.1) is 6.92 Å². The van der Waals surface area contributed by atoms with E-state index in [-0.39, 0.29) is 17.9 Å². The molecule has 0 saturated heterocycles. The van der Waals surface area contributed by atoms with Crippen LogP contribution in [-0.2, 0) is 10.2 Å². The Labute approximate surface area is 156 Å². The Hall–Kier alpha value is -1.52. The van der Waals surface area contributed by atoms with Gasteiger partial charge in [0.15, 0.2) is 6.61 Å². The largest absolute Gasteiger partial charge is 0.483 e. The fourth-order valence-electron chi connectivity index (χ4n) is 2.29. The third-order valence-corrected chi connectivity index (χ3v) is 4.55. The Morgan fingerprint density at radius 3 is 2.62 bits per heavy atom. The first-order valence-corrected chi connectivity index (χ1v) is 8.83. The van der Waals surface area contributed by atoms with Crippen LogP contribution < -0.4 is 10.1 Å². The second-order valence-electron chi connectivity index (χ2n) is 6.64. The van der Waals surface area contributed by atoms with E-state index in [1.165, 1.54) is 0 Å². The Morgan fingerprint density at radius 1 is 1.25 bits per heavy atom. The number of nitrogens with one attached hydrogen (secondary N) is 1. The number of carbonyl (C=O) groups excluding carboxylic acids is 1. The summed E-state index contributed by atoms with van der Waals surface area (Å²) < 4.78 is 6.74. The summed E-state index contributed by atoms with van der Waals surface area (Å²) >= 11 is 9.55. The van der Waals surface area contributed by atoms with E-state index in [1.807, 2.05) is 31.2 Å². The Kier molecular flexibility index (Phi) is 5.94. The molecule has 0 saturated carbocycles. The molecule has 0 bridgehead atoms. The predicted molar refractivity (Wildman–Crippen MR) is 103 cm³/mol. The summed E-state index contributed by atoms with van der Waals surface area (Å²) in [4.78, 5) is 12.2. The highest BCUT2D eigenvalue weighted by atomic mass is 79.9. The van der Waals surface area contributed by atoms with Gasteiger partial charge in [-0.25, -0.2) is 0 Å². The first-order valence-electron chi connectivity index (χ1n) is 7.66. The quantitative estimate of drug-likeness (QED) is 0.699. The molecule has 0 unspecified atom stereocenters. The maximum Gasteiger partial charge on any atom is 0.262 e. The second-order valence-corrected chi connectivity index (χ2v) is 7.96. The number of hydrogen-bond donors (Lipinski definition) is 1. The van der Waals surface area contributed by atoms with Crippen LogP contribution in [0.2, 0.25) is 5.02 Å². The molecule has 5 heteroatoms. The van der Waals surface area contributed by atoms with E-state index < -0.39 is 0 Å². The fraction of sp³-hybridized carbons (Fsp3) is 0.316. The monoisotopic (exact) mass is 409 g/mol. The van der Waals surface area contributed by atoms with E-state index in [9.17, 15) is 4.79 Å². The van der Waals surface area contributed by atoms with Gasteiger partial charge in [-0.2, -0.15) is 0 Å². The minimum atomic E-state index is -0.219. The highest BCUT2D eigenvalue weighted by molar-refractivity contribution is 9.10. The number of halogens is 2. The minimum absolute atomic E-state index is 0.0589. The van der Waals surface area contributed by atoms with Crippen LogP contribution in [0.25, 0.3) is 0 Å². The van der Waals surface area contributed by atoms with E-state index in [0.717, 1.165) is 15.6 Å². The number of benzene rings is 2. The summed E-state index contributed by atoms with van der Waals surface area (Å²) in [6, 6.07) is 11.2. The van der Waals surface area contributed by atoms with Crippen molar-refractivity contribution >= 4 is 39.1 Å². The molecule has 0 aliphatic carbocycles. The van der Waals surface area contributed by atoms with E-state index in [2.05, 4.69) is 42.0 Å². The van der Waals surface area contributed by atoms with Crippen molar-refractivity contribution in [2.45, 2.75) is 33.1 Å². The summed E-state index contributed by atoms with van der Waals surface area (Å²) in [6.07, 6.45) is 0. The number of rotatable bonds is 4. The van der Waals surface area contributed by atoms with Crippen LogP contribution >= 0.6 is 27.5 Å². The lowest BCUT2D eigenvalue weighted by Crippen LogP contribution is -2.22. The zero-order chi connectivity index (χ0) is 17.9. The van der Waals surface area contributed by atoms with Crippen LogP contribution in [0.4, 0.5) is 5.69 Å². The molecule has 0 aromatic heterocycles. The first-order chi connectivity index (χ1) is 11.2. The van der Waals surface area contributed by atoms with Gasteiger partial charge in [-0.05, 0) is 48.2 Å². The molecule has 2 aromatic rings. The van der Waals surface area contributed by atoms with Crippen LogP contribution in [0.5, 0.6) is 5.75 Å². The Bertz CT molecular complexity index is 754.